The van der Waals surface area contributed by atoms with Gasteiger partial charge >= 0.3 is 5.97 Å². The smallest absolute Gasteiger partial charge is 0.310 e. The number of ether oxygens (including phenoxy) is 4. The van der Waals surface area contributed by atoms with Crippen LogP contribution in [-0.2, 0) is 22.6 Å². The molecule has 8 heteroatoms. The second-order valence-corrected chi connectivity index (χ2v) is 5.76. The minimum absolute atomic E-state index is 0.111. The van der Waals surface area contributed by atoms with Gasteiger partial charge < -0.3 is 23.5 Å². The van der Waals surface area contributed by atoms with Crippen LogP contribution in [0.15, 0.2) is 47.0 Å². The van der Waals surface area contributed by atoms with E-state index in [-0.39, 0.29) is 18.9 Å². The number of esters is 1. The van der Waals surface area contributed by atoms with Crippen molar-refractivity contribution in [1.29, 1.82) is 0 Å². The minimum Gasteiger partial charge on any atom is -0.497 e. The summed E-state index contributed by atoms with van der Waals surface area (Å²) in [6.45, 7) is -0.111. The zero-order valence-electron chi connectivity index (χ0n) is 15.8. The molecule has 1 aromatic heterocycles. The first kappa shape index (κ1) is 19.2. The van der Waals surface area contributed by atoms with Crippen LogP contribution in [0.25, 0.3) is 11.4 Å². The molecule has 0 aliphatic rings. The van der Waals surface area contributed by atoms with E-state index in [0.29, 0.717) is 22.9 Å². The fraction of sp³-hybridized carbons (Fsp3) is 0.250. The Morgan fingerprint density at radius 2 is 1.68 bits per heavy atom. The highest BCUT2D eigenvalue weighted by molar-refractivity contribution is 5.72. The van der Waals surface area contributed by atoms with Gasteiger partial charge in [-0.25, -0.2) is 0 Å². The van der Waals surface area contributed by atoms with E-state index < -0.39 is 5.97 Å². The molecule has 1 heterocycles. The third-order valence-electron chi connectivity index (χ3n) is 3.98. The van der Waals surface area contributed by atoms with Crippen molar-refractivity contribution in [3.05, 3.63) is 53.9 Å². The van der Waals surface area contributed by atoms with Gasteiger partial charge in [0.15, 0.2) is 6.61 Å². The lowest BCUT2D eigenvalue weighted by molar-refractivity contribution is -0.144. The first-order valence-corrected chi connectivity index (χ1v) is 8.46. The summed E-state index contributed by atoms with van der Waals surface area (Å²) in [7, 11) is 4.70. The molecule has 0 aliphatic heterocycles. The maximum absolute atomic E-state index is 12.0. The molecule has 3 rings (SSSR count). The SMILES string of the molecule is COc1ccc(CC(=O)OCc2nc(-c3ccc(OC)cc3OC)no2)cc1. The van der Waals surface area contributed by atoms with E-state index in [1.54, 1.807) is 63.8 Å². The Morgan fingerprint density at radius 3 is 2.36 bits per heavy atom. The quantitative estimate of drug-likeness (QED) is 0.547. The van der Waals surface area contributed by atoms with Crippen LogP contribution in [0.2, 0.25) is 0 Å². The van der Waals surface area contributed by atoms with Gasteiger partial charge in [0.05, 0.1) is 33.3 Å². The van der Waals surface area contributed by atoms with E-state index in [2.05, 4.69) is 10.1 Å². The summed E-state index contributed by atoms with van der Waals surface area (Å²) < 4.78 is 26.0. The number of aromatic nitrogens is 2. The summed E-state index contributed by atoms with van der Waals surface area (Å²) >= 11 is 0. The molecule has 0 aliphatic carbocycles. The number of carbonyl (C=O) groups is 1. The number of hydrogen-bond acceptors (Lipinski definition) is 8. The number of nitrogens with zero attached hydrogens (tertiary/aromatic N) is 2. The van der Waals surface area contributed by atoms with Crippen molar-refractivity contribution in [1.82, 2.24) is 10.1 Å². The molecule has 8 nitrogen and oxygen atoms in total. The Bertz CT molecular complexity index is 936. The summed E-state index contributed by atoms with van der Waals surface area (Å²) in [5.41, 5.74) is 1.46. The van der Waals surface area contributed by atoms with Gasteiger partial charge in [-0.2, -0.15) is 4.98 Å². The van der Waals surface area contributed by atoms with Crippen LogP contribution >= 0.6 is 0 Å². The van der Waals surface area contributed by atoms with Gasteiger partial charge in [-0.3, -0.25) is 4.79 Å². The van der Waals surface area contributed by atoms with Crippen LogP contribution in [0.4, 0.5) is 0 Å². The molecule has 2 aromatic carbocycles. The van der Waals surface area contributed by atoms with Gasteiger partial charge in [-0.05, 0) is 29.8 Å². The molecule has 3 aromatic rings. The third kappa shape index (κ3) is 4.59. The topological polar surface area (TPSA) is 92.9 Å². The third-order valence-corrected chi connectivity index (χ3v) is 3.98. The number of rotatable bonds is 8. The first-order chi connectivity index (χ1) is 13.6. The molecule has 0 spiro atoms. The van der Waals surface area contributed by atoms with Crippen molar-refractivity contribution in [2.45, 2.75) is 13.0 Å². The predicted molar refractivity (Wildman–Crippen MR) is 99.3 cm³/mol. The monoisotopic (exact) mass is 384 g/mol. The first-order valence-electron chi connectivity index (χ1n) is 8.46. The normalized spacial score (nSPS) is 10.4. The molecule has 0 amide bonds. The average molecular weight is 384 g/mol. The second kappa shape index (κ2) is 8.90. The Morgan fingerprint density at radius 1 is 0.964 bits per heavy atom. The summed E-state index contributed by atoms with van der Waals surface area (Å²) in [4.78, 5) is 16.3. The summed E-state index contributed by atoms with van der Waals surface area (Å²) in [6, 6.07) is 12.4. The van der Waals surface area contributed by atoms with Crippen LogP contribution in [0.5, 0.6) is 17.2 Å². The predicted octanol–water partition coefficient (Wildman–Crippen LogP) is 3.05. The fourth-order valence-corrected chi connectivity index (χ4v) is 2.51. The number of hydrogen-bond donors (Lipinski definition) is 0. The highest BCUT2D eigenvalue weighted by Gasteiger charge is 2.15. The maximum atomic E-state index is 12.0. The molecule has 0 unspecified atom stereocenters. The molecule has 28 heavy (non-hydrogen) atoms. The van der Waals surface area contributed by atoms with Crippen LogP contribution < -0.4 is 14.2 Å². The minimum atomic E-state index is -0.396. The lowest BCUT2D eigenvalue weighted by Gasteiger charge is -2.07. The molecule has 0 radical (unpaired) electrons. The second-order valence-electron chi connectivity index (χ2n) is 5.76. The van der Waals surface area contributed by atoms with E-state index in [1.807, 2.05) is 0 Å². The van der Waals surface area contributed by atoms with Gasteiger partial charge in [0, 0.05) is 6.07 Å². The van der Waals surface area contributed by atoms with E-state index in [4.69, 9.17) is 23.5 Å². The summed E-state index contributed by atoms with van der Waals surface area (Å²) in [6.07, 6.45) is 0.136. The van der Waals surface area contributed by atoms with E-state index >= 15 is 0 Å². The molecule has 0 N–H and O–H groups in total. The maximum Gasteiger partial charge on any atom is 0.310 e. The van der Waals surface area contributed by atoms with Crippen LogP contribution in [0.3, 0.4) is 0 Å². The zero-order valence-corrected chi connectivity index (χ0v) is 15.8. The Balaban J connectivity index is 1.60. The van der Waals surface area contributed by atoms with Gasteiger partial charge in [0.1, 0.15) is 17.2 Å². The molecule has 0 atom stereocenters. The highest BCUT2D eigenvalue weighted by atomic mass is 16.6. The molecular weight excluding hydrogens is 364 g/mol. The van der Waals surface area contributed by atoms with Crippen molar-refractivity contribution >= 4 is 5.97 Å². The van der Waals surface area contributed by atoms with Crippen molar-refractivity contribution in [3.8, 4) is 28.6 Å². The largest absolute Gasteiger partial charge is 0.497 e. The Labute approximate surface area is 162 Å². The molecule has 0 saturated heterocycles. The van der Waals surface area contributed by atoms with Crippen LogP contribution in [0.1, 0.15) is 11.5 Å². The zero-order chi connectivity index (χ0) is 19.9. The van der Waals surface area contributed by atoms with E-state index in [1.165, 1.54) is 0 Å². The molecule has 0 bridgehead atoms. The van der Waals surface area contributed by atoms with Crippen molar-refractivity contribution in [3.63, 3.8) is 0 Å². The molecule has 0 saturated carbocycles. The molecule has 146 valence electrons. The van der Waals surface area contributed by atoms with Gasteiger partial charge in [-0.1, -0.05) is 17.3 Å². The van der Waals surface area contributed by atoms with E-state index in [9.17, 15) is 4.79 Å². The van der Waals surface area contributed by atoms with E-state index in [0.717, 1.165) is 11.3 Å². The van der Waals surface area contributed by atoms with Crippen molar-refractivity contribution in [2.24, 2.45) is 0 Å². The molecule has 0 fully saturated rings. The number of methoxy groups -OCH3 is 3. The standard InChI is InChI=1S/C20H20N2O6/c1-24-14-6-4-13(5-7-14)10-19(23)27-12-18-21-20(22-28-18)16-9-8-15(25-2)11-17(16)26-3/h4-9,11H,10,12H2,1-3H3. The lowest BCUT2D eigenvalue weighted by atomic mass is 10.1. The molecular formula is C20H20N2O6. The fourth-order valence-electron chi connectivity index (χ4n) is 2.51. The Kier molecular flexibility index (Phi) is 6.11. The summed E-state index contributed by atoms with van der Waals surface area (Å²) in [5.74, 6) is 2.05. The number of benzene rings is 2. The lowest BCUT2D eigenvalue weighted by Crippen LogP contribution is -2.08. The van der Waals surface area contributed by atoms with Gasteiger partial charge in [0.2, 0.25) is 5.82 Å². The number of carbonyl (C=O) groups excluding carboxylic acids is 1. The summed E-state index contributed by atoms with van der Waals surface area (Å²) in [5, 5.41) is 3.92. The highest BCUT2D eigenvalue weighted by Crippen LogP contribution is 2.31. The van der Waals surface area contributed by atoms with Crippen LogP contribution in [0, 0.1) is 0 Å². The van der Waals surface area contributed by atoms with Crippen molar-refractivity contribution < 1.29 is 28.3 Å². The van der Waals surface area contributed by atoms with Crippen LogP contribution in [-0.4, -0.2) is 37.4 Å². The van der Waals surface area contributed by atoms with Crippen molar-refractivity contribution in [2.75, 3.05) is 21.3 Å². The Hall–Kier alpha value is -3.55. The van der Waals surface area contributed by atoms with Gasteiger partial charge in [-0.15, -0.1) is 0 Å². The van der Waals surface area contributed by atoms with Gasteiger partial charge in [0.25, 0.3) is 5.89 Å². The average Bonchev–Trinajstić information content (AvgIpc) is 3.21.